The van der Waals surface area contributed by atoms with Crippen LogP contribution in [0.15, 0.2) is 40.9 Å². The highest BCUT2D eigenvalue weighted by molar-refractivity contribution is 9.10. The standard InChI is InChI=1S/C18H20BrNO2/c1-4-14-7-8-16(15(19)10-14)20-18(21)11-22-17-9-12(2)5-6-13(17)3/h5-10H,4,11H2,1-3H3,(H,20,21). The SMILES string of the molecule is CCc1ccc(NC(=O)COc2cc(C)ccc2C)c(Br)c1. The van der Waals surface area contributed by atoms with E-state index in [1.165, 1.54) is 5.56 Å². The van der Waals surface area contributed by atoms with Crippen molar-refractivity contribution in [3.8, 4) is 5.75 Å². The molecule has 0 radical (unpaired) electrons. The van der Waals surface area contributed by atoms with Crippen LogP contribution in [0.4, 0.5) is 5.69 Å². The molecule has 22 heavy (non-hydrogen) atoms. The van der Waals surface area contributed by atoms with Gasteiger partial charge in [0.25, 0.3) is 5.91 Å². The summed E-state index contributed by atoms with van der Waals surface area (Å²) in [4.78, 5) is 12.0. The quantitative estimate of drug-likeness (QED) is 0.841. The third-order valence-electron chi connectivity index (χ3n) is 3.42. The first-order valence-corrected chi connectivity index (χ1v) is 8.07. The van der Waals surface area contributed by atoms with Crippen molar-refractivity contribution in [2.24, 2.45) is 0 Å². The van der Waals surface area contributed by atoms with Crippen LogP contribution in [0, 0.1) is 13.8 Å². The molecule has 0 aliphatic rings. The molecule has 1 N–H and O–H groups in total. The van der Waals surface area contributed by atoms with Crippen molar-refractivity contribution in [1.29, 1.82) is 0 Å². The van der Waals surface area contributed by atoms with Crippen LogP contribution >= 0.6 is 15.9 Å². The van der Waals surface area contributed by atoms with Crippen molar-refractivity contribution in [2.75, 3.05) is 11.9 Å². The molecule has 0 spiro atoms. The van der Waals surface area contributed by atoms with Crippen LogP contribution in [0.2, 0.25) is 0 Å². The van der Waals surface area contributed by atoms with Crippen molar-refractivity contribution in [3.63, 3.8) is 0 Å². The number of anilines is 1. The average molecular weight is 362 g/mol. The Hall–Kier alpha value is -1.81. The van der Waals surface area contributed by atoms with Gasteiger partial charge in [-0.1, -0.05) is 25.1 Å². The molecule has 0 saturated carbocycles. The van der Waals surface area contributed by atoms with E-state index in [1.54, 1.807) is 0 Å². The maximum atomic E-state index is 12.0. The lowest BCUT2D eigenvalue weighted by Crippen LogP contribution is -2.20. The Kier molecular flexibility index (Phi) is 5.61. The van der Waals surface area contributed by atoms with Gasteiger partial charge in [-0.05, 0) is 71.1 Å². The van der Waals surface area contributed by atoms with Gasteiger partial charge in [-0.15, -0.1) is 0 Å². The summed E-state index contributed by atoms with van der Waals surface area (Å²) in [7, 11) is 0. The summed E-state index contributed by atoms with van der Waals surface area (Å²) >= 11 is 3.48. The predicted molar refractivity (Wildman–Crippen MR) is 93.6 cm³/mol. The van der Waals surface area contributed by atoms with Gasteiger partial charge in [-0.25, -0.2) is 0 Å². The zero-order valence-corrected chi connectivity index (χ0v) is 14.7. The highest BCUT2D eigenvalue weighted by atomic mass is 79.9. The van der Waals surface area contributed by atoms with Gasteiger partial charge in [-0.2, -0.15) is 0 Å². The van der Waals surface area contributed by atoms with Gasteiger partial charge < -0.3 is 10.1 Å². The number of aryl methyl sites for hydroxylation is 3. The van der Waals surface area contributed by atoms with E-state index in [0.29, 0.717) is 0 Å². The molecule has 0 unspecified atom stereocenters. The van der Waals surface area contributed by atoms with Gasteiger partial charge >= 0.3 is 0 Å². The summed E-state index contributed by atoms with van der Waals surface area (Å²) in [5, 5.41) is 2.86. The van der Waals surface area contributed by atoms with E-state index >= 15 is 0 Å². The number of benzene rings is 2. The van der Waals surface area contributed by atoms with Crippen LogP contribution in [0.3, 0.4) is 0 Å². The lowest BCUT2D eigenvalue weighted by atomic mass is 10.1. The second-order valence-corrected chi connectivity index (χ2v) is 6.13. The summed E-state index contributed by atoms with van der Waals surface area (Å²) in [6.45, 7) is 6.05. The van der Waals surface area contributed by atoms with E-state index < -0.39 is 0 Å². The topological polar surface area (TPSA) is 38.3 Å². The van der Waals surface area contributed by atoms with Crippen LogP contribution in [0.25, 0.3) is 0 Å². The fourth-order valence-electron chi connectivity index (χ4n) is 2.07. The second kappa shape index (κ2) is 7.45. The number of carbonyl (C=O) groups excluding carboxylic acids is 1. The number of nitrogens with one attached hydrogen (secondary N) is 1. The minimum absolute atomic E-state index is 0.00768. The number of hydrogen-bond donors (Lipinski definition) is 1. The first-order valence-electron chi connectivity index (χ1n) is 7.28. The van der Waals surface area contributed by atoms with Crippen molar-refractivity contribution >= 4 is 27.5 Å². The van der Waals surface area contributed by atoms with E-state index in [-0.39, 0.29) is 12.5 Å². The molecule has 2 aromatic carbocycles. The molecular formula is C18H20BrNO2. The summed E-state index contributed by atoms with van der Waals surface area (Å²) in [6.07, 6.45) is 0.961. The molecule has 3 nitrogen and oxygen atoms in total. The summed E-state index contributed by atoms with van der Waals surface area (Å²) in [6, 6.07) is 11.9. The Balaban J connectivity index is 1.97. The second-order valence-electron chi connectivity index (χ2n) is 5.27. The summed E-state index contributed by atoms with van der Waals surface area (Å²) in [5.41, 5.74) is 4.11. The predicted octanol–water partition coefficient (Wildman–Crippen LogP) is 4.65. The van der Waals surface area contributed by atoms with E-state index in [1.807, 2.05) is 50.2 Å². The van der Waals surface area contributed by atoms with Gasteiger partial charge in [0.2, 0.25) is 0 Å². The first-order chi connectivity index (χ1) is 10.5. The molecular weight excluding hydrogens is 342 g/mol. The Morgan fingerprint density at radius 2 is 1.95 bits per heavy atom. The molecule has 0 aliphatic heterocycles. The molecule has 116 valence electrons. The molecule has 2 rings (SSSR count). The van der Waals surface area contributed by atoms with Crippen molar-refractivity contribution in [3.05, 3.63) is 57.6 Å². The van der Waals surface area contributed by atoms with Gasteiger partial charge in [0.1, 0.15) is 5.75 Å². The Labute approximate surface area is 139 Å². The maximum absolute atomic E-state index is 12.0. The van der Waals surface area contributed by atoms with Gasteiger partial charge in [0.05, 0.1) is 5.69 Å². The molecule has 4 heteroatoms. The average Bonchev–Trinajstić information content (AvgIpc) is 2.50. The van der Waals surface area contributed by atoms with E-state index in [0.717, 1.165) is 33.5 Å². The maximum Gasteiger partial charge on any atom is 0.262 e. The zero-order valence-electron chi connectivity index (χ0n) is 13.1. The fraction of sp³-hybridized carbons (Fsp3) is 0.278. The highest BCUT2D eigenvalue weighted by Gasteiger charge is 2.08. The Morgan fingerprint density at radius 1 is 1.18 bits per heavy atom. The molecule has 0 bridgehead atoms. The molecule has 1 amide bonds. The first kappa shape index (κ1) is 16.6. The lowest BCUT2D eigenvalue weighted by Gasteiger charge is -2.11. The summed E-state index contributed by atoms with van der Waals surface area (Å²) < 4.78 is 6.49. The number of halogens is 1. The van der Waals surface area contributed by atoms with Crippen LogP contribution in [0.5, 0.6) is 5.75 Å². The van der Waals surface area contributed by atoms with Gasteiger partial charge in [-0.3, -0.25) is 4.79 Å². The lowest BCUT2D eigenvalue weighted by molar-refractivity contribution is -0.118. The summed E-state index contributed by atoms with van der Waals surface area (Å²) in [5.74, 6) is 0.571. The molecule has 0 aromatic heterocycles. The van der Waals surface area contributed by atoms with Crippen LogP contribution in [0.1, 0.15) is 23.6 Å². The third kappa shape index (κ3) is 4.34. The van der Waals surface area contributed by atoms with Crippen LogP contribution in [-0.4, -0.2) is 12.5 Å². The minimum atomic E-state index is -0.175. The normalized spacial score (nSPS) is 10.4. The van der Waals surface area contributed by atoms with Crippen molar-refractivity contribution in [1.82, 2.24) is 0 Å². The molecule has 0 fully saturated rings. The van der Waals surface area contributed by atoms with Crippen molar-refractivity contribution in [2.45, 2.75) is 27.2 Å². The van der Waals surface area contributed by atoms with E-state index in [9.17, 15) is 4.79 Å². The zero-order chi connectivity index (χ0) is 16.1. The molecule has 0 aliphatic carbocycles. The number of carbonyl (C=O) groups is 1. The number of amides is 1. The number of ether oxygens (including phenoxy) is 1. The Morgan fingerprint density at radius 3 is 2.64 bits per heavy atom. The van der Waals surface area contributed by atoms with Gasteiger partial charge in [0, 0.05) is 4.47 Å². The molecule has 2 aromatic rings. The van der Waals surface area contributed by atoms with Crippen molar-refractivity contribution < 1.29 is 9.53 Å². The number of hydrogen-bond acceptors (Lipinski definition) is 2. The van der Waals surface area contributed by atoms with E-state index in [4.69, 9.17) is 4.74 Å². The third-order valence-corrected chi connectivity index (χ3v) is 4.07. The monoisotopic (exact) mass is 361 g/mol. The molecule has 0 saturated heterocycles. The van der Waals surface area contributed by atoms with Gasteiger partial charge in [0.15, 0.2) is 6.61 Å². The number of rotatable bonds is 5. The highest BCUT2D eigenvalue weighted by Crippen LogP contribution is 2.24. The molecule has 0 heterocycles. The Bertz CT molecular complexity index is 683. The van der Waals surface area contributed by atoms with E-state index in [2.05, 4.69) is 28.2 Å². The fourth-order valence-corrected chi connectivity index (χ4v) is 2.60. The largest absolute Gasteiger partial charge is 0.483 e. The van der Waals surface area contributed by atoms with Crippen LogP contribution in [-0.2, 0) is 11.2 Å². The van der Waals surface area contributed by atoms with Crippen LogP contribution < -0.4 is 10.1 Å². The smallest absolute Gasteiger partial charge is 0.262 e. The molecule has 0 atom stereocenters. The minimum Gasteiger partial charge on any atom is -0.483 e.